The number of ether oxygens (including phenoxy) is 3. The summed E-state index contributed by atoms with van der Waals surface area (Å²) in [5.41, 5.74) is 0.776. The van der Waals surface area contributed by atoms with E-state index in [0.717, 1.165) is 17.2 Å². The average molecular weight is 382 g/mol. The summed E-state index contributed by atoms with van der Waals surface area (Å²) in [5.74, 6) is 1.71. The summed E-state index contributed by atoms with van der Waals surface area (Å²) in [7, 11) is 0. The van der Waals surface area contributed by atoms with E-state index >= 15 is 0 Å². The molecule has 3 aromatic rings. The Morgan fingerprint density at radius 3 is 2.82 bits per heavy atom. The van der Waals surface area contributed by atoms with E-state index < -0.39 is 0 Å². The minimum atomic E-state index is -0.0429. The molecule has 0 spiro atoms. The van der Waals surface area contributed by atoms with Crippen LogP contribution in [0.2, 0.25) is 0 Å². The fourth-order valence-electron chi connectivity index (χ4n) is 3.74. The Kier molecular flexibility index (Phi) is 4.82. The molecule has 4 heterocycles. The van der Waals surface area contributed by atoms with Gasteiger partial charge in [0.25, 0.3) is 0 Å². The summed E-state index contributed by atoms with van der Waals surface area (Å²) in [6.45, 7) is 2.18. The molecule has 5 rings (SSSR count). The second-order valence-electron chi connectivity index (χ2n) is 7.02. The smallest absolute Gasteiger partial charge is 0.134 e. The number of benzene rings is 1. The van der Waals surface area contributed by atoms with Crippen LogP contribution < -0.4 is 10.1 Å². The molecule has 0 bridgehead atoms. The molecule has 1 aromatic carbocycles. The molecular weight excluding hydrogens is 360 g/mol. The Morgan fingerprint density at radius 2 is 1.96 bits per heavy atom. The maximum absolute atomic E-state index is 6.03. The minimum absolute atomic E-state index is 0.00631. The van der Waals surface area contributed by atoms with Gasteiger partial charge in [0.1, 0.15) is 42.1 Å². The quantitative estimate of drug-likeness (QED) is 0.669. The zero-order chi connectivity index (χ0) is 18.8. The first kappa shape index (κ1) is 17.4. The van der Waals surface area contributed by atoms with E-state index in [9.17, 15) is 0 Å². The standard InChI is InChI=1S/C20H22N4O4/c1-2-5-15(6-3-1)26-11-14-10-24(23-22-14)18-13-28-19-17(12-27-20(18)19)21-9-16-7-4-8-25-16/h1-8,10,17-21H,9,11-13H2. The van der Waals surface area contributed by atoms with Gasteiger partial charge in [-0.1, -0.05) is 23.4 Å². The van der Waals surface area contributed by atoms with Gasteiger partial charge in [-0.05, 0) is 24.3 Å². The molecule has 2 aliphatic rings. The van der Waals surface area contributed by atoms with E-state index in [1.54, 1.807) is 6.26 Å². The van der Waals surface area contributed by atoms with Crippen molar-refractivity contribution in [1.29, 1.82) is 0 Å². The lowest BCUT2D eigenvalue weighted by molar-refractivity contribution is 0.0619. The van der Waals surface area contributed by atoms with Gasteiger partial charge in [0, 0.05) is 0 Å². The van der Waals surface area contributed by atoms with Gasteiger partial charge in [-0.3, -0.25) is 0 Å². The maximum Gasteiger partial charge on any atom is 0.134 e. The summed E-state index contributed by atoms with van der Waals surface area (Å²) in [6, 6.07) is 13.7. The van der Waals surface area contributed by atoms with Crippen molar-refractivity contribution in [1.82, 2.24) is 20.3 Å². The molecule has 0 radical (unpaired) electrons. The molecule has 4 atom stereocenters. The van der Waals surface area contributed by atoms with Gasteiger partial charge in [0.05, 0.1) is 38.3 Å². The average Bonchev–Trinajstić information content (AvgIpc) is 3.51. The zero-order valence-electron chi connectivity index (χ0n) is 15.3. The monoisotopic (exact) mass is 382 g/mol. The highest BCUT2D eigenvalue weighted by Gasteiger charge is 2.48. The van der Waals surface area contributed by atoms with Crippen molar-refractivity contribution >= 4 is 0 Å². The van der Waals surface area contributed by atoms with Crippen LogP contribution >= 0.6 is 0 Å². The molecule has 0 saturated carbocycles. The number of nitrogens with zero attached hydrogens (tertiary/aromatic N) is 3. The summed E-state index contributed by atoms with van der Waals surface area (Å²) in [4.78, 5) is 0. The van der Waals surface area contributed by atoms with Crippen molar-refractivity contribution in [3.63, 3.8) is 0 Å². The first-order chi connectivity index (χ1) is 13.9. The topological polar surface area (TPSA) is 83.6 Å². The van der Waals surface area contributed by atoms with E-state index in [-0.39, 0.29) is 24.3 Å². The van der Waals surface area contributed by atoms with E-state index in [0.29, 0.717) is 26.4 Å². The molecule has 0 amide bonds. The van der Waals surface area contributed by atoms with Crippen molar-refractivity contribution in [2.24, 2.45) is 0 Å². The maximum atomic E-state index is 6.03. The fourth-order valence-corrected chi connectivity index (χ4v) is 3.74. The molecule has 2 saturated heterocycles. The molecule has 2 fully saturated rings. The van der Waals surface area contributed by atoms with Crippen LogP contribution in [-0.4, -0.2) is 46.5 Å². The number of nitrogens with one attached hydrogen (secondary N) is 1. The van der Waals surface area contributed by atoms with Crippen LogP contribution in [0.1, 0.15) is 17.5 Å². The lowest BCUT2D eigenvalue weighted by Gasteiger charge is -2.17. The van der Waals surface area contributed by atoms with Crippen molar-refractivity contribution in [2.75, 3.05) is 13.2 Å². The molecule has 8 nitrogen and oxygen atoms in total. The molecule has 0 aliphatic carbocycles. The van der Waals surface area contributed by atoms with Crippen LogP contribution in [0.25, 0.3) is 0 Å². The van der Waals surface area contributed by atoms with Crippen molar-refractivity contribution in [3.8, 4) is 5.75 Å². The van der Waals surface area contributed by atoms with E-state index in [1.807, 2.05) is 53.3 Å². The van der Waals surface area contributed by atoms with Gasteiger partial charge in [0.15, 0.2) is 0 Å². The number of rotatable bonds is 7. The first-order valence-corrected chi connectivity index (χ1v) is 9.44. The Labute approximate surface area is 162 Å². The highest BCUT2D eigenvalue weighted by molar-refractivity contribution is 5.21. The predicted molar refractivity (Wildman–Crippen MR) is 98.6 cm³/mol. The Bertz CT molecular complexity index is 883. The van der Waals surface area contributed by atoms with Crippen LogP contribution in [0.15, 0.2) is 59.3 Å². The number of furan rings is 1. The van der Waals surface area contributed by atoms with E-state index in [4.69, 9.17) is 18.6 Å². The molecule has 146 valence electrons. The first-order valence-electron chi connectivity index (χ1n) is 9.44. The normalized spacial score (nSPS) is 26.4. The summed E-state index contributed by atoms with van der Waals surface area (Å²) < 4.78 is 25.0. The molecular formula is C20H22N4O4. The highest BCUT2D eigenvalue weighted by atomic mass is 16.6. The van der Waals surface area contributed by atoms with Gasteiger partial charge in [-0.25, -0.2) is 4.68 Å². The second-order valence-corrected chi connectivity index (χ2v) is 7.02. The van der Waals surface area contributed by atoms with Crippen molar-refractivity contribution < 1.29 is 18.6 Å². The number of para-hydroxylation sites is 1. The summed E-state index contributed by atoms with van der Waals surface area (Å²) in [5, 5.41) is 12.0. The molecule has 2 aromatic heterocycles. The van der Waals surface area contributed by atoms with Gasteiger partial charge < -0.3 is 23.9 Å². The Balaban J connectivity index is 1.18. The molecule has 1 N–H and O–H groups in total. The largest absolute Gasteiger partial charge is 0.487 e. The molecule has 4 unspecified atom stereocenters. The highest BCUT2D eigenvalue weighted by Crippen LogP contribution is 2.34. The van der Waals surface area contributed by atoms with Crippen LogP contribution in [0.3, 0.4) is 0 Å². The number of aromatic nitrogens is 3. The SMILES string of the molecule is c1ccc(OCc2cn(C3COC4C(NCc5ccco5)COC43)nn2)cc1. The van der Waals surface area contributed by atoms with Gasteiger partial charge in [-0.2, -0.15) is 0 Å². The van der Waals surface area contributed by atoms with Crippen LogP contribution in [0.4, 0.5) is 0 Å². The molecule has 28 heavy (non-hydrogen) atoms. The third kappa shape index (κ3) is 3.54. The van der Waals surface area contributed by atoms with E-state index in [1.165, 1.54) is 0 Å². The fraction of sp³-hybridized carbons (Fsp3) is 0.400. The summed E-state index contributed by atoms with van der Waals surface area (Å²) >= 11 is 0. The van der Waals surface area contributed by atoms with Crippen LogP contribution in [0, 0.1) is 0 Å². The lowest BCUT2D eigenvalue weighted by Crippen LogP contribution is -2.40. The number of hydrogen-bond acceptors (Lipinski definition) is 7. The van der Waals surface area contributed by atoms with E-state index in [2.05, 4.69) is 15.6 Å². The zero-order valence-corrected chi connectivity index (χ0v) is 15.3. The lowest BCUT2D eigenvalue weighted by atomic mass is 10.1. The minimum Gasteiger partial charge on any atom is -0.487 e. The predicted octanol–water partition coefficient (Wildman–Crippen LogP) is 1.95. The van der Waals surface area contributed by atoms with Crippen molar-refractivity contribution in [3.05, 3.63) is 66.4 Å². The second kappa shape index (κ2) is 7.75. The van der Waals surface area contributed by atoms with Crippen LogP contribution in [0.5, 0.6) is 5.75 Å². The number of hydrogen-bond donors (Lipinski definition) is 1. The third-order valence-corrected chi connectivity index (χ3v) is 5.17. The summed E-state index contributed by atoms with van der Waals surface area (Å²) in [6.07, 6.45) is 3.54. The van der Waals surface area contributed by atoms with Crippen molar-refractivity contribution in [2.45, 2.75) is 37.4 Å². The van der Waals surface area contributed by atoms with Crippen LogP contribution in [-0.2, 0) is 22.6 Å². The Morgan fingerprint density at radius 1 is 1.07 bits per heavy atom. The Hall–Kier alpha value is -2.68. The molecule has 2 aliphatic heterocycles. The van der Waals surface area contributed by atoms with Gasteiger partial charge in [0.2, 0.25) is 0 Å². The van der Waals surface area contributed by atoms with Gasteiger partial charge in [-0.15, -0.1) is 5.10 Å². The molecule has 8 heteroatoms. The number of fused-ring (bicyclic) bond motifs is 1. The third-order valence-electron chi connectivity index (χ3n) is 5.17. The van der Waals surface area contributed by atoms with Gasteiger partial charge >= 0.3 is 0 Å².